The molecule has 4 aromatic rings. The van der Waals surface area contributed by atoms with E-state index in [-0.39, 0.29) is 40.0 Å². The molecule has 0 fully saturated rings. The molecule has 11 nitrogen and oxygen atoms in total. The number of pyridine rings is 1. The Labute approximate surface area is 214 Å². The third-order valence-electron chi connectivity index (χ3n) is 5.42. The second-order valence-corrected chi connectivity index (χ2v) is 7.91. The van der Waals surface area contributed by atoms with Crippen molar-refractivity contribution in [1.82, 2.24) is 24.7 Å². The topological polar surface area (TPSA) is 136 Å². The van der Waals surface area contributed by atoms with Crippen molar-refractivity contribution >= 4 is 23.4 Å². The van der Waals surface area contributed by atoms with Crippen LogP contribution in [0.25, 0.3) is 16.9 Å². The summed E-state index contributed by atoms with van der Waals surface area (Å²) in [5.41, 5.74) is -0.159. The van der Waals surface area contributed by atoms with Gasteiger partial charge in [0.2, 0.25) is 5.95 Å². The van der Waals surface area contributed by atoms with Crippen LogP contribution < -0.4 is 20.1 Å². The monoisotopic (exact) mass is 529 g/mol. The number of anilines is 3. The van der Waals surface area contributed by atoms with Gasteiger partial charge < -0.3 is 25.2 Å². The molecule has 14 heteroatoms. The van der Waals surface area contributed by atoms with Crippen LogP contribution in [-0.4, -0.2) is 57.1 Å². The Balaban J connectivity index is 1.89. The molecule has 0 aliphatic rings. The maximum absolute atomic E-state index is 13.4. The van der Waals surface area contributed by atoms with Crippen LogP contribution in [0.5, 0.6) is 11.5 Å². The number of aromatic nitrogens is 5. The minimum atomic E-state index is -4.69. The number of carboxylic acids is 1. The van der Waals surface area contributed by atoms with Crippen molar-refractivity contribution in [3.8, 4) is 28.4 Å². The third-order valence-corrected chi connectivity index (χ3v) is 5.42. The molecule has 0 unspecified atom stereocenters. The molecule has 0 atom stereocenters. The average molecular weight is 529 g/mol. The third kappa shape index (κ3) is 5.28. The predicted molar refractivity (Wildman–Crippen MR) is 131 cm³/mol. The molecule has 0 saturated heterocycles. The number of aryl methyl sites for hydroxylation is 1. The number of nitrogens with zero attached hydrogens (tertiary/aromatic N) is 5. The van der Waals surface area contributed by atoms with Crippen LogP contribution in [0.1, 0.15) is 21.7 Å². The van der Waals surface area contributed by atoms with Crippen LogP contribution in [0.4, 0.5) is 30.6 Å². The molecule has 0 amide bonds. The number of nitrogens with one attached hydrogen (secondary N) is 2. The first-order valence-electron chi connectivity index (χ1n) is 11.0. The van der Waals surface area contributed by atoms with Gasteiger partial charge in [-0.1, -0.05) is 0 Å². The van der Waals surface area contributed by atoms with Crippen LogP contribution in [0.3, 0.4) is 0 Å². The molecular formula is C24H22F3N7O4. The highest BCUT2D eigenvalue weighted by atomic mass is 19.4. The predicted octanol–water partition coefficient (Wildman–Crippen LogP) is 4.55. The van der Waals surface area contributed by atoms with Gasteiger partial charge in [0, 0.05) is 60.1 Å². The van der Waals surface area contributed by atoms with Crippen LogP contribution >= 0.6 is 0 Å². The van der Waals surface area contributed by atoms with Gasteiger partial charge >= 0.3 is 12.1 Å². The van der Waals surface area contributed by atoms with Crippen molar-refractivity contribution in [3.05, 3.63) is 59.7 Å². The summed E-state index contributed by atoms with van der Waals surface area (Å²) in [4.78, 5) is 24.6. The normalized spacial score (nSPS) is 11.2. The van der Waals surface area contributed by atoms with E-state index in [1.807, 2.05) is 0 Å². The van der Waals surface area contributed by atoms with E-state index in [9.17, 15) is 23.1 Å². The van der Waals surface area contributed by atoms with Crippen molar-refractivity contribution in [2.24, 2.45) is 0 Å². The average Bonchev–Trinajstić information content (AvgIpc) is 3.30. The lowest BCUT2D eigenvalue weighted by molar-refractivity contribution is -0.141. The SMILES string of the molecule is CNc1ncc(-c2cnc(Nc3cc(OC)cc(OC)c3)nc2-n2nc(C(F)(F)F)cc2C)cc1C(=O)O. The number of methoxy groups -OCH3 is 2. The largest absolute Gasteiger partial charge is 0.497 e. The van der Waals surface area contributed by atoms with Crippen molar-refractivity contribution in [1.29, 1.82) is 0 Å². The smallest absolute Gasteiger partial charge is 0.435 e. The molecule has 0 bridgehead atoms. The Kier molecular flexibility index (Phi) is 7.06. The summed E-state index contributed by atoms with van der Waals surface area (Å²) in [5.74, 6) is -0.159. The first-order valence-corrected chi connectivity index (χ1v) is 11.0. The van der Waals surface area contributed by atoms with E-state index in [0.29, 0.717) is 17.2 Å². The van der Waals surface area contributed by atoms with Gasteiger partial charge in [-0.2, -0.15) is 23.3 Å². The molecule has 38 heavy (non-hydrogen) atoms. The minimum absolute atomic E-state index is 0.0271. The zero-order valence-electron chi connectivity index (χ0n) is 20.6. The Hall–Kier alpha value is -4.88. The van der Waals surface area contributed by atoms with Gasteiger partial charge in [-0.15, -0.1) is 0 Å². The van der Waals surface area contributed by atoms with Gasteiger partial charge in [-0.05, 0) is 19.1 Å². The Morgan fingerprint density at radius 2 is 1.71 bits per heavy atom. The molecular weight excluding hydrogens is 507 g/mol. The highest BCUT2D eigenvalue weighted by molar-refractivity contribution is 5.95. The van der Waals surface area contributed by atoms with E-state index in [0.717, 1.165) is 10.7 Å². The van der Waals surface area contributed by atoms with Gasteiger partial charge in [0.15, 0.2) is 11.5 Å². The number of hydrogen-bond donors (Lipinski definition) is 3. The maximum Gasteiger partial charge on any atom is 0.435 e. The second kappa shape index (κ2) is 10.2. The molecule has 0 aliphatic carbocycles. The van der Waals surface area contributed by atoms with E-state index < -0.39 is 17.8 Å². The van der Waals surface area contributed by atoms with Gasteiger partial charge in [0.25, 0.3) is 0 Å². The Bertz CT molecular complexity index is 1480. The summed E-state index contributed by atoms with van der Waals surface area (Å²) >= 11 is 0. The van der Waals surface area contributed by atoms with Crippen molar-refractivity contribution < 1.29 is 32.5 Å². The Morgan fingerprint density at radius 3 is 2.26 bits per heavy atom. The molecule has 3 N–H and O–H groups in total. The van der Waals surface area contributed by atoms with Crippen LogP contribution in [0.15, 0.2) is 42.7 Å². The van der Waals surface area contributed by atoms with Crippen LogP contribution in [0, 0.1) is 6.92 Å². The van der Waals surface area contributed by atoms with Gasteiger partial charge in [0.05, 0.1) is 14.2 Å². The van der Waals surface area contributed by atoms with Crippen molar-refractivity contribution in [2.75, 3.05) is 31.9 Å². The Morgan fingerprint density at radius 1 is 1.03 bits per heavy atom. The standard InChI is InChI=1S/C24H22F3N7O4/c1-12-5-19(24(25,26)27)33-34(12)21-18(13-6-17(22(35)36)20(28-2)29-10-13)11-30-23(32-21)31-14-7-15(37-3)9-16(8-14)38-4/h5-11H,1-4H3,(H,28,29)(H,35,36)(H,30,31,32). The van der Waals surface area contributed by atoms with Gasteiger partial charge in [-0.3, -0.25) is 0 Å². The van der Waals surface area contributed by atoms with E-state index in [1.165, 1.54) is 46.7 Å². The van der Waals surface area contributed by atoms with Gasteiger partial charge in [0.1, 0.15) is 22.9 Å². The zero-order chi connectivity index (χ0) is 27.6. The van der Waals surface area contributed by atoms with Crippen LogP contribution in [0.2, 0.25) is 0 Å². The highest BCUT2D eigenvalue weighted by Gasteiger charge is 2.35. The fourth-order valence-corrected chi connectivity index (χ4v) is 3.61. The number of carboxylic acid groups (broad SMARTS) is 1. The summed E-state index contributed by atoms with van der Waals surface area (Å²) in [7, 11) is 4.49. The molecule has 0 aliphatic heterocycles. The lowest BCUT2D eigenvalue weighted by Gasteiger charge is -2.14. The summed E-state index contributed by atoms with van der Waals surface area (Å²) in [6.07, 6.45) is -1.98. The summed E-state index contributed by atoms with van der Waals surface area (Å²) in [6, 6.07) is 7.18. The van der Waals surface area contributed by atoms with Crippen LogP contribution in [-0.2, 0) is 6.18 Å². The minimum Gasteiger partial charge on any atom is -0.497 e. The molecule has 0 radical (unpaired) electrons. The number of ether oxygens (including phenoxy) is 2. The number of hydrogen-bond acceptors (Lipinski definition) is 9. The summed E-state index contributed by atoms with van der Waals surface area (Å²) in [5, 5.41) is 19.0. The van der Waals surface area contributed by atoms with Crippen molar-refractivity contribution in [2.45, 2.75) is 13.1 Å². The molecule has 3 heterocycles. The molecule has 4 rings (SSSR count). The number of benzene rings is 1. The van der Waals surface area contributed by atoms with E-state index in [2.05, 4.69) is 30.7 Å². The molecule has 1 aromatic carbocycles. The fraction of sp³-hybridized carbons (Fsp3) is 0.208. The van der Waals surface area contributed by atoms with E-state index in [4.69, 9.17) is 9.47 Å². The van der Waals surface area contributed by atoms with E-state index >= 15 is 0 Å². The fourth-order valence-electron chi connectivity index (χ4n) is 3.61. The van der Waals surface area contributed by atoms with E-state index in [1.54, 1.807) is 18.2 Å². The number of rotatable bonds is 8. The summed E-state index contributed by atoms with van der Waals surface area (Å²) < 4.78 is 51.8. The van der Waals surface area contributed by atoms with Crippen molar-refractivity contribution in [3.63, 3.8) is 0 Å². The number of halogens is 3. The zero-order valence-corrected chi connectivity index (χ0v) is 20.6. The number of alkyl halides is 3. The first-order chi connectivity index (χ1) is 18.0. The number of aromatic carboxylic acids is 1. The molecule has 0 spiro atoms. The lowest BCUT2D eigenvalue weighted by Crippen LogP contribution is -2.11. The lowest BCUT2D eigenvalue weighted by atomic mass is 10.1. The van der Waals surface area contributed by atoms with Gasteiger partial charge in [-0.25, -0.2) is 19.4 Å². The first kappa shape index (κ1) is 26.2. The quantitative estimate of drug-likeness (QED) is 0.298. The summed E-state index contributed by atoms with van der Waals surface area (Å²) in [6.45, 7) is 1.44. The highest BCUT2D eigenvalue weighted by Crippen LogP contribution is 2.33. The molecule has 3 aromatic heterocycles. The second-order valence-electron chi connectivity index (χ2n) is 7.91. The molecule has 0 saturated carbocycles. The maximum atomic E-state index is 13.4. The molecule has 198 valence electrons. The number of carbonyl (C=O) groups is 1.